The Morgan fingerprint density at radius 3 is 2.84 bits per heavy atom. The van der Waals surface area contributed by atoms with E-state index in [0.29, 0.717) is 11.3 Å². The molecule has 0 radical (unpaired) electrons. The van der Waals surface area contributed by atoms with Crippen LogP contribution in [0.3, 0.4) is 0 Å². The first-order valence-corrected chi connectivity index (χ1v) is 5.64. The van der Waals surface area contributed by atoms with Crippen molar-refractivity contribution >= 4 is 5.91 Å². The van der Waals surface area contributed by atoms with E-state index in [0.717, 1.165) is 0 Å². The van der Waals surface area contributed by atoms with Gasteiger partial charge in [-0.25, -0.2) is 9.07 Å². The quantitative estimate of drug-likeness (QED) is 0.708. The van der Waals surface area contributed by atoms with Crippen molar-refractivity contribution in [2.24, 2.45) is 0 Å². The highest BCUT2D eigenvalue weighted by atomic mass is 19.1. The molecule has 0 bridgehead atoms. The molecule has 3 rings (SSSR count). The van der Waals surface area contributed by atoms with Crippen LogP contribution in [0.2, 0.25) is 0 Å². The molecule has 2 heterocycles. The van der Waals surface area contributed by atoms with E-state index >= 15 is 0 Å². The van der Waals surface area contributed by atoms with E-state index in [1.165, 1.54) is 29.2 Å². The van der Waals surface area contributed by atoms with Crippen LogP contribution in [0.4, 0.5) is 4.39 Å². The maximum Gasteiger partial charge on any atom is 0.313 e. The third kappa shape index (κ3) is 2.18. The molecule has 19 heavy (non-hydrogen) atoms. The molecule has 0 aliphatic rings. The molecule has 0 saturated carbocycles. The van der Waals surface area contributed by atoms with Gasteiger partial charge in [-0.05, 0) is 30.3 Å². The Kier molecular flexibility index (Phi) is 2.72. The summed E-state index contributed by atoms with van der Waals surface area (Å²) >= 11 is 0. The third-order valence-corrected chi connectivity index (χ3v) is 2.64. The molecule has 0 amide bonds. The van der Waals surface area contributed by atoms with Gasteiger partial charge in [-0.15, -0.1) is 0 Å². The molecule has 0 atom stereocenters. The first-order valence-electron chi connectivity index (χ1n) is 5.64. The highest BCUT2D eigenvalue weighted by molar-refractivity contribution is 5.93. The molecular formula is C14H9FN2O2. The third-order valence-electron chi connectivity index (χ3n) is 2.64. The highest BCUT2D eigenvalue weighted by Gasteiger charge is 2.14. The van der Waals surface area contributed by atoms with Crippen molar-refractivity contribution in [3.8, 4) is 11.3 Å². The van der Waals surface area contributed by atoms with Crippen LogP contribution in [0.15, 0.2) is 59.3 Å². The van der Waals surface area contributed by atoms with Crippen molar-refractivity contribution < 1.29 is 13.6 Å². The Morgan fingerprint density at radius 1 is 1.21 bits per heavy atom. The lowest BCUT2D eigenvalue weighted by Gasteiger charge is -1.98. The van der Waals surface area contributed by atoms with E-state index < -0.39 is 0 Å². The zero-order chi connectivity index (χ0) is 13.2. The maximum absolute atomic E-state index is 13.1. The lowest BCUT2D eigenvalue weighted by molar-refractivity contribution is 0.0918. The smallest absolute Gasteiger partial charge is 0.313 e. The van der Waals surface area contributed by atoms with Gasteiger partial charge in [0.25, 0.3) is 0 Å². The Labute approximate surface area is 108 Å². The molecule has 0 unspecified atom stereocenters. The largest absolute Gasteiger partial charge is 0.451 e. The number of hydrogen-bond acceptors (Lipinski definition) is 3. The van der Waals surface area contributed by atoms with Gasteiger partial charge in [0.1, 0.15) is 11.6 Å². The second-order valence-corrected chi connectivity index (χ2v) is 3.93. The summed E-state index contributed by atoms with van der Waals surface area (Å²) in [5, 5.41) is 3.84. The summed E-state index contributed by atoms with van der Waals surface area (Å²) < 4.78 is 19.7. The van der Waals surface area contributed by atoms with Crippen LogP contribution in [-0.2, 0) is 0 Å². The van der Waals surface area contributed by atoms with E-state index in [1.807, 2.05) is 0 Å². The van der Waals surface area contributed by atoms with E-state index in [9.17, 15) is 9.18 Å². The van der Waals surface area contributed by atoms with Crippen LogP contribution in [0, 0.1) is 5.82 Å². The molecule has 3 aromatic rings. The first-order chi connectivity index (χ1) is 9.24. The lowest BCUT2D eigenvalue weighted by Crippen LogP contribution is -2.11. The molecule has 0 fully saturated rings. The Hall–Kier alpha value is -2.69. The van der Waals surface area contributed by atoms with E-state index in [1.54, 1.807) is 30.3 Å². The van der Waals surface area contributed by atoms with Crippen molar-refractivity contribution in [2.75, 3.05) is 0 Å². The molecule has 5 heteroatoms. The fourth-order valence-corrected chi connectivity index (χ4v) is 1.75. The average molecular weight is 256 g/mol. The standard InChI is InChI=1S/C14H9FN2O2/c15-11-4-1-3-10(9-11)12-5-6-13(19-12)14(18)17-8-2-7-16-17/h1-9H. The molecule has 0 spiro atoms. The second-order valence-electron chi connectivity index (χ2n) is 3.93. The van der Waals surface area contributed by atoms with Crippen LogP contribution >= 0.6 is 0 Å². The molecule has 94 valence electrons. The van der Waals surface area contributed by atoms with E-state index in [4.69, 9.17) is 4.42 Å². The molecule has 1 aromatic carbocycles. The molecule has 2 aromatic heterocycles. The summed E-state index contributed by atoms with van der Waals surface area (Å²) in [7, 11) is 0. The van der Waals surface area contributed by atoms with Crippen molar-refractivity contribution in [3.05, 3.63) is 66.4 Å². The summed E-state index contributed by atoms with van der Waals surface area (Å²) in [6.45, 7) is 0. The number of hydrogen-bond donors (Lipinski definition) is 0. The Morgan fingerprint density at radius 2 is 2.11 bits per heavy atom. The van der Waals surface area contributed by atoms with Gasteiger partial charge in [0.2, 0.25) is 0 Å². The summed E-state index contributed by atoms with van der Waals surface area (Å²) in [6, 6.07) is 10.8. The van der Waals surface area contributed by atoms with Gasteiger partial charge in [0, 0.05) is 18.0 Å². The summed E-state index contributed by atoms with van der Waals surface area (Å²) in [5.74, 6) is -0.125. The number of nitrogens with zero attached hydrogens (tertiary/aromatic N) is 2. The fourth-order valence-electron chi connectivity index (χ4n) is 1.75. The SMILES string of the molecule is O=C(c1ccc(-c2cccc(F)c2)o1)n1cccn1. The van der Waals surface area contributed by atoms with Crippen LogP contribution in [0.5, 0.6) is 0 Å². The van der Waals surface area contributed by atoms with Gasteiger partial charge < -0.3 is 4.42 Å². The molecule has 4 nitrogen and oxygen atoms in total. The van der Waals surface area contributed by atoms with Gasteiger partial charge in [0.05, 0.1) is 0 Å². The monoisotopic (exact) mass is 256 g/mol. The minimum Gasteiger partial charge on any atom is -0.451 e. The molecule has 0 aliphatic carbocycles. The minimum absolute atomic E-state index is 0.156. The van der Waals surface area contributed by atoms with Crippen LogP contribution < -0.4 is 0 Å². The predicted molar refractivity (Wildman–Crippen MR) is 66.1 cm³/mol. The zero-order valence-corrected chi connectivity index (χ0v) is 9.79. The summed E-state index contributed by atoms with van der Waals surface area (Å²) in [4.78, 5) is 12.0. The Balaban J connectivity index is 1.94. The second kappa shape index (κ2) is 4.53. The van der Waals surface area contributed by atoms with Crippen molar-refractivity contribution in [1.82, 2.24) is 9.78 Å². The van der Waals surface area contributed by atoms with Crippen molar-refractivity contribution in [1.29, 1.82) is 0 Å². The molecule has 0 saturated heterocycles. The van der Waals surface area contributed by atoms with Crippen LogP contribution in [0.1, 0.15) is 10.6 Å². The zero-order valence-electron chi connectivity index (χ0n) is 9.79. The number of carbonyl (C=O) groups is 1. The van der Waals surface area contributed by atoms with Gasteiger partial charge in [-0.3, -0.25) is 4.79 Å². The van der Waals surface area contributed by atoms with Crippen LogP contribution in [-0.4, -0.2) is 15.7 Å². The first kappa shape index (κ1) is 11.4. The number of carbonyl (C=O) groups excluding carboxylic acids is 1. The summed E-state index contributed by atoms with van der Waals surface area (Å²) in [5.41, 5.74) is 0.583. The molecule has 0 aliphatic heterocycles. The van der Waals surface area contributed by atoms with Crippen LogP contribution in [0.25, 0.3) is 11.3 Å². The molecular weight excluding hydrogens is 247 g/mol. The van der Waals surface area contributed by atoms with Gasteiger partial charge >= 0.3 is 5.91 Å². The normalized spacial score (nSPS) is 10.6. The number of benzene rings is 1. The number of rotatable bonds is 2. The van der Waals surface area contributed by atoms with E-state index in [-0.39, 0.29) is 17.5 Å². The minimum atomic E-state index is -0.368. The van der Waals surface area contributed by atoms with E-state index in [2.05, 4.69) is 5.10 Å². The predicted octanol–water partition coefficient (Wildman–Crippen LogP) is 2.97. The van der Waals surface area contributed by atoms with Crippen molar-refractivity contribution in [2.45, 2.75) is 0 Å². The highest BCUT2D eigenvalue weighted by Crippen LogP contribution is 2.23. The van der Waals surface area contributed by atoms with Crippen molar-refractivity contribution in [3.63, 3.8) is 0 Å². The fraction of sp³-hybridized carbons (Fsp3) is 0. The number of furan rings is 1. The number of aromatic nitrogens is 2. The van der Waals surface area contributed by atoms with Gasteiger partial charge in [0.15, 0.2) is 5.76 Å². The van der Waals surface area contributed by atoms with Gasteiger partial charge in [-0.2, -0.15) is 5.10 Å². The average Bonchev–Trinajstić information content (AvgIpc) is 3.10. The molecule has 0 N–H and O–H groups in total. The Bertz CT molecular complexity index is 717. The summed E-state index contributed by atoms with van der Waals surface area (Å²) in [6.07, 6.45) is 3.04. The maximum atomic E-state index is 13.1. The number of halogens is 1. The lowest BCUT2D eigenvalue weighted by atomic mass is 10.2. The van der Waals surface area contributed by atoms with Gasteiger partial charge in [-0.1, -0.05) is 12.1 Å². The topological polar surface area (TPSA) is 48.0 Å².